The van der Waals surface area contributed by atoms with E-state index in [0.717, 1.165) is 0 Å². The molecule has 2 N–H and O–H groups in total. The maximum absolute atomic E-state index is 11.4. The van der Waals surface area contributed by atoms with Gasteiger partial charge in [0.1, 0.15) is 5.82 Å². The van der Waals surface area contributed by atoms with Crippen LogP contribution in [0.4, 0.5) is 5.82 Å². The number of imidazole rings is 1. The number of carbonyl (C=O) groups is 1. The number of nitrogens with two attached hydrogens (primary N) is 1. The average Bonchev–Trinajstić information content (AvgIpc) is 2.96. The lowest BCUT2D eigenvalue weighted by atomic mass is 10.00. The Bertz CT molecular complexity index is 408. The van der Waals surface area contributed by atoms with Gasteiger partial charge in [0, 0.05) is 6.04 Å². The van der Waals surface area contributed by atoms with Crippen molar-refractivity contribution in [2.24, 2.45) is 5.92 Å². The molecule has 1 saturated carbocycles. The normalized spacial score (nSPS) is 18.2. The van der Waals surface area contributed by atoms with E-state index in [1.54, 1.807) is 6.33 Å². The quantitative estimate of drug-likeness (QED) is 0.816. The minimum absolute atomic E-state index is 0.220. The van der Waals surface area contributed by atoms with Crippen LogP contribution in [0.5, 0.6) is 0 Å². The number of esters is 1. The van der Waals surface area contributed by atoms with Crippen molar-refractivity contribution in [2.45, 2.75) is 38.6 Å². The molecule has 1 unspecified atom stereocenters. The van der Waals surface area contributed by atoms with Gasteiger partial charge in [-0.3, -0.25) is 0 Å². The standard InChI is InChI=1S/C12H19N3O2/c1-8(9-5-3-4-6-9)15-7-14-10(11(15)13)12(16)17-2/h7-9H,3-6,13H2,1-2H3. The van der Waals surface area contributed by atoms with E-state index < -0.39 is 5.97 Å². The summed E-state index contributed by atoms with van der Waals surface area (Å²) in [4.78, 5) is 15.5. The Hall–Kier alpha value is -1.52. The van der Waals surface area contributed by atoms with Gasteiger partial charge in [-0.05, 0) is 25.7 Å². The second-order valence-corrected chi connectivity index (χ2v) is 4.66. The molecule has 5 heteroatoms. The number of carbonyl (C=O) groups excluding carboxylic acids is 1. The number of ether oxygens (including phenoxy) is 1. The maximum Gasteiger partial charge on any atom is 0.360 e. The van der Waals surface area contributed by atoms with E-state index in [1.165, 1.54) is 32.8 Å². The maximum atomic E-state index is 11.4. The number of aromatic nitrogens is 2. The molecule has 1 fully saturated rings. The predicted molar refractivity (Wildman–Crippen MR) is 64.6 cm³/mol. The minimum atomic E-state index is -0.472. The van der Waals surface area contributed by atoms with E-state index in [-0.39, 0.29) is 5.69 Å². The molecule has 0 aromatic carbocycles. The summed E-state index contributed by atoms with van der Waals surface area (Å²) in [7, 11) is 1.33. The van der Waals surface area contributed by atoms with Crippen LogP contribution in [0.2, 0.25) is 0 Å². The zero-order valence-electron chi connectivity index (χ0n) is 10.3. The summed E-state index contributed by atoms with van der Waals surface area (Å²) in [5, 5.41) is 0. The van der Waals surface area contributed by atoms with Gasteiger partial charge in [0.25, 0.3) is 0 Å². The minimum Gasteiger partial charge on any atom is -0.464 e. The van der Waals surface area contributed by atoms with E-state index in [4.69, 9.17) is 5.73 Å². The van der Waals surface area contributed by atoms with Crippen LogP contribution in [0.25, 0.3) is 0 Å². The highest BCUT2D eigenvalue weighted by Gasteiger charge is 2.26. The SMILES string of the molecule is COC(=O)c1ncn(C(C)C2CCCC2)c1N. The van der Waals surface area contributed by atoms with Gasteiger partial charge >= 0.3 is 5.97 Å². The number of nitrogens with zero attached hydrogens (tertiary/aromatic N) is 2. The van der Waals surface area contributed by atoms with Crippen LogP contribution in [0.15, 0.2) is 6.33 Å². The van der Waals surface area contributed by atoms with Crippen molar-refractivity contribution >= 4 is 11.8 Å². The van der Waals surface area contributed by atoms with Gasteiger partial charge in [-0.25, -0.2) is 9.78 Å². The zero-order valence-corrected chi connectivity index (χ0v) is 10.3. The van der Waals surface area contributed by atoms with Crippen molar-refractivity contribution in [2.75, 3.05) is 12.8 Å². The molecule has 17 heavy (non-hydrogen) atoms. The van der Waals surface area contributed by atoms with Gasteiger partial charge in [0.2, 0.25) is 0 Å². The number of rotatable bonds is 3. The van der Waals surface area contributed by atoms with Gasteiger partial charge in [-0.2, -0.15) is 0 Å². The molecule has 0 radical (unpaired) electrons. The highest BCUT2D eigenvalue weighted by molar-refractivity contribution is 5.92. The van der Waals surface area contributed by atoms with Gasteiger partial charge in [0.15, 0.2) is 5.69 Å². The highest BCUT2D eigenvalue weighted by Crippen LogP contribution is 2.35. The Morgan fingerprint density at radius 1 is 1.59 bits per heavy atom. The van der Waals surface area contributed by atoms with E-state index >= 15 is 0 Å². The molecule has 0 saturated heterocycles. The fraction of sp³-hybridized carbons (Fsp3) is 0.667. The van der Waals surface area contributed by atoms with Crippen molar-refractivity contribution in [1.82, 2.24) is 9.55 Å². The first-order valence-corrected chi connectivity index (χ1v) is 6.05. The smallest absolute Gasteiger partial charge is 0.360 e. The Balaban J connectivity index is 2.21. The van der Waals surface area contributed by atoms with Crippen molar-refractivity contribution in [3.05, 3.63) is 12.0 Å². The summed E-state index contributed by atoms with van der Waals surface area (Å²) in [6.45, 7) is 2.13. The third-order valence-electron chi connectivity index (χ3n) is 3.73. The van der Waals surface area contributed by atoms with E-state index in [0.29, 0.717) is 17.8 Å². The van der Waals surface area contributed by atoms with Crippen LogP contribution in [0, 0.1) is 5.92 Å². The Kier molecular flexibility index (Phi) is 3.36. The second-order valence-electron chi connectivity index (χ2n) is 4.66. The second kappa shape index (κ2) is 4.77. The molecule has 1 aromatic heterocycles. The third-order valence-corrected chi connectivity index (χ3v) is 3.73. The summed E-state index contributed by atoms with van der Waals surface area (Å²) >= 11 is 0. The number of hydrogen-bond acceptors (Lipinski definition) is 4. The molecule has 0 bridgehead atoms. The Labute approximate surface area is 101 Å². The van der Waals surface area contributed by atoms with Gasteiger partial charge in [0.05, 0.1) is 13.4 Å². The lowest BCUT2D eigenvalue weighted by Gasteiger charge is -2.21. The topological polar surface area (TPSA) is 70.1 Å². The molecule has 94 valence electrons. The first kappa shape index (κ1) is 12.0. The van der Waals surface area contributed by atoms with Crippen LogP contribution in [0.1, 0.15) is 49.1 Å². The number of hydrogen-bond donors (Lipinski definition) is 1. The molecule has 0 spiro atoms. The fourth-order valence-corrected chi connectivity index (χ4v) is 2.62. The largest absolute Gasteiger partial charge is 0.464 e. The average molecular weight is 237 g/mol. The molecule has 0 amide bonds. The van der Waals surface area contributed by atoms with Crippen LogP contribution < -0.4 is 5.73 Å². The molecule has 5 nitrogen and oxygen atoms in total. The van der Waals surface area contributed by atoms with Crippen molar-refractivity contribution < 1.29 is 9.53 Å². The predicted octanol–water partition coefficient (Wildman–Crippen LogP) is 2.00. The van der Waals surface area contributed by atoms with Crippen molar-refractivity contribution in [3.63, 3.8) is 0 Å². The Morgan fingerprint density at radius 3 is 2.82 bits per heavy atom. The molecule has 1 heterocycles. The first-order valence-electron chi connectivity index (χ1n) is 6.05. The lowest BCUT2D eigenvalue weighted by Crippen LogP contribution is -2.16. The molecule has 0 aliphatic heterocycles. The molecule has 1 aliphatic rings. The van der Waals surface area contributed by atoms with E-state index in [2.05, 4.69) is 16.6 Å². The van der Waals surface area contributed by atoms with Crippen LogP contribution in [-0.4, -0.2) is 22.6 Å². The van der Waals surface area contributed by atoms with Gasteiger partial charge in [-0.15, -0.1) is 0 Å². The molecule has 1 aliphatic carbocycles. The summed E-state index contributed by atoms with van der Waals surface area (Å²) in [6.07, 6.45) is 6.67. The van der Waals surface area contributed by atoms with Crippen LogP contribution >= 0.6 is 0 Å². The van der Waals surface area contributed by atoms with Crippen LogP contribution in [-0.2, 0) is 4.74 Å². The third kappa shape index (κ3) is 2.14. The van der Waals surface area contributed by atoms with E-state index in [9.17, 15) is 4.79 Å². The summed E-state index contributed by atoms with van der Waals surface area (Å²) in [6, 6.07) is 0.295. The fourth-order valence-electron chi connectivity index (χ4n) is 2.62. The monoisotopic (exact) mass is 237 g/mol. The number of methoxy groups -OCH3 is 1. The summed E-state index contributed by atoms with van der Waals surface area (Å²) < 4.78 is 6.53. The van der Waals surface area contributed by atoms with Gasteiger partial charge in [-0.1, -0.05) is 12.8 Å². The van der Waals surface area contributed by atoms with Crippen LogP contribution in [0.3, 0.4) is 0 Å². The van der Waals surface area contributed by atoms with Gasteiger partial charge < -0.3 is 15.0 Å². The first-order chi connectivity index (χ1) is 8.15. The van der Waals surface area contributed by atoms with E-state index in [1.807, 2.05) is 4.57 Å². The summed E-state index contributed by atoms with van der Waals surface area (Å²) in [5.74, 6) is 0.577. The van der Waals surface area contributed by atoms with Crippen molar-refractivity contribution in [3.8, 4) is 0 Å². The highest BCUT2D eigenvalue weighted by atomic mass is 16.5. The summed E-state index contributed by atoms with van der Waals surface area (Å²) in [5.41, 5.74) is 6.17. The molecule has 1 aromatic rings. The van der Waals surface area contributed by atoms with Crippen molar-refractivity contribution in [1.29, 1.82) is 0 Å². The molecule has 2 rings (SSSR count). The zero-order chi connectivity index (χ0) is 12.4. The number of nitrogen functional groups attached to an aromatic ring is 1. The molecular weight excluding hydrogens is 218 g/mol. The Morgan fingerprint density at radius 2 is 2.24 bits per heavy atom. The number of anilines is 1. The lowest BCUT2D eigenvalue weighted by molar-refractivity contribution is 0.0596. The molecular formula is C12H19N3O2. The molecule has 1 atom stereocenters.